The molecule has 3 nitrogen and oxygen atoms in total. The summed E-state index contributed by atoms with van der Waals surface area (Å²) >= 11 is 5.12. The van der Waals surface area contributed by atoms with Gasteiger partial charge in [0.15, 0.2) is 5.11 Å². The lowest BCUT2D eigenvalue weighted by molar-refractivity contribution is 0.477. The highest BCUT2D eigenvalue weighted by molar-refractivity contribution is 7.80. The quantitative estimate of drug-likeness (QED) is 0.578. The van der Waals surface area contributed by atoms with Gasteiger partial charge in [0.2, 0.25) is 0 Å². The SMILES string of the molecule is Cc1ccc(NC(=S)Nc2ccc(F)cc2)c(O)c1. The second kappa shape index (κ2) is 5.67. The van der Waals surface area contributed by atoms with Crippen LogP contribution in [-0.2, 0) is 0 Å². The maximum Gasteiger partial charge on any atom is 0.175 e. The largest absolute Gasteiger partial charge is 0.506 e. The van der Waals surface area contributed by atoms with Gasteiger partial charge in [0, 0.05) is 5.69 Å². The van der Waals surface area contributed by atoms with Crippen molar-refractivity contribution >= 4 is 28.7 Å². The summed E-state index contributed by atoms with van der Waals surface area (Å²) < 4.78 is 12.8. The van der Waals surface area contributed by atoms with Gasteiger partial charge >= 0.3 is 0 Å². The fourth-order valence-corrected chi connectivity index (χ4v) is 1.79. The molecule has 2 aromatic carbocycles. The van der Waals surface area contributed by atoms with Gasteiger partial charge in [-0.3, -0.25) is 0 Å². The second-order valence-corrected chi connectivity index (χ2v) is 4.51. The molecule has 2 rings (SSSR count). The third kappa shape index (κ3) is 3.66. The number of halogens is 1. The predicted molar refractivity (Wildman–Crippen MR) is 79.1 cm³/mol. The number of hydrogen-bond donors (Lipinski definition) is 3. The van der Waals surface area contributed by atoms with Gasteiger partial charge in [-0.15, -0.1) is 0 Å². The molecule has 0 atom stereocenters. The number of anilines is 2. The lowest BCUT2D eigenvalue weighted by atomic mass is 10.2. The Labute approximate surface area is 116 Å². The van der Waals surface area contributed by atoms with Gasteiger partial charge in [0.1, 0.15) is 11.6 Å². The first-order chi connectivity index (χ1) is 9.04. The molecule has 19 heavy (non-hydrogen) atoms. The van der Waals surface area contributed by atoms with Crippen molar-refractivity contribution in [1.82, 2.24) is 0 Å². The van der Waals surface area contributed by atoms with Crippen LogP contribution < -0.4 is 10.6 Å². The molecular weight excluding hydrogens is 263 g/mol. The van der Waals surface area contributed by atoms with Crippen molar-refractivity contribution < 1.29 is 9.50 Å². The first kappa shape index (κ1) is 13.3. The molecule has 0 unspecified atom stereocenters. The van der Waals surface area contributed by atoms with Gasteiger partial charge in [0.05, 0.1) is 5.69 Å². The minimum Gasteiger partial charge on any atom is -0.506 e. The molecular formula is C14H13FN2OS. The van der Waals surface area contributed by atoms with Crippen LogP contribution in [-0.4, -0.2) is 10.2 Å². The molecule has 0 aliphatic carbocycles. The van der Waals surface area contributed by atoms with Crippen molar-refractivity contribution in [2.24, 2.45) is 0 Å². The van der Waals surface area contributed by atoms with Gasteiger partial charge in [-0.2, -0.15) is 0 Å². The second-order valence-electron chi connectivity index (χ2n) is 4.11. The molecule has 0 amide bonds. The molecule has 0 aliphatic rings. The average Bonchev–Trinajstić information content (AvgIpc) is 2.36. The summed E-state index contributed by atoms with van der Waals surface area (Å²) in [7, 11) is 0. The van der Waals surface area contributed by atoms with Gasteiger partial charge in [0.25, 0.3) is 0 Å². The maximum absolute atomic E-state index is 12.8. The molecule has 0 heterocycles. The Morgan fingerprint density at radius 1 is 1.11 bits per heavy atom. The highest BCUT2D eigenvalue weighted by Gasteiger charge is 2.04. The number of thiocarbonyl (C=S) groups is 1. The number of benzene rings is 2. The summed E-state index contributed by atoms with van der Waals surface area (Å²) in [5, 5.41) is 15.8. The van der Waals surface area contributed by atoms with E-state index in [4.69, 9.17) is 12.2 Å². The number of hydrogen-bond acceptors (Lipinski definition) is 2. The highest BCUT2D eigenvalue weighted by Crippen LogP contribution is 2.24. The van der Waals surface area contributed by atoms with Gasteiger partial charge < -0.3 is 15.7 Å². The van der Waals surface area contributed by atoms with E-state index in [0.29, 0.717) is 16.5 Å². The van der Waals surface area contributed by atoms with Gasteiger partial charge in [-0.25, -0.2) is 4.39 Å². The van der Waals surface area contributed by atoms with Crippen LogP contribution in [0.5, 0.6) is 5.75 Å². The zero-order valence-corrected chi connectivity index (χ0v) is 11.1. The van der Waals surface area contributed by atoms with E-state index < -0.39 is 0 Å². The average molecular weight is 276 g/mol. The monoisotopic (exact) mass is 276 g/mol. The number of rotatable bonds is 2. The van der Waals surface area contributed by atoms with E-state index in [1.54, 1.807) is 24.3 Å². The van der Waals surface area contributed by atoms with Gasteiger partial charge in [-0.05, 0) is 61.1 Å². The van der Waals surface area contributed by atoms with Crippen LogP contribution in [0, 0.1) is 12.7 Å². The minimum atomic E-state index is -0.305. The first-order valence-electron chi connectivity index (χ1n) is 5.68. The number of phenols is 1. The Bertz CT molecular complexity index is 599. The van der Waals surface area contributed by atoms with Gasteiger partial charge in [-0.1, -0.05) is 6.07 Å². The fourth-order valence-electron chi connectivity index (χ4n) is 1.57. The van der Waals surface area contributed by atoms with E-state index in [-0.39, 0.29) is 11.6 Å². The Balaban J connectivity index is 2.03. The van der Waals surface area contributed by atoms with Crippen LogP contribution in [0.1, 0.15) is 5.56 Å². The fraction of sp³-hybridized carbons (Fsp3) is 0.0714. The van der Waals surface area contributed by atoms with Crippen molar-refractivity contribution in [1.29, 1.82) is 0 Å². The number of aromatic hydroxyl groups is 1. The summed E-state index contributed by atoms with van der Waals surface area (Å²) in [4.78, 5) is 0. The number of phenolic OH excluding ortho intramolecular Hbond substituents is 1. The van der Waals surface area contributed by atoms with E-state index >= 15 is 0 Å². The smallest absolute Gasteiger partial charge is 0.175 e. The molecule has 0 fully saturated rings. The standard InChI is InChI=1S/C14H13FN2OS/c1-9-2-7-12(13(18)8-9)17-14(19)16-11-5-3-10(15)4-6-11/h2-8,18H,1H3,(H2,16,17,19). The molecule has 0 spiro atoms. The van der Waals surface area contributed by atoms with E-state index in [9.17, 15) is 9.50 Å². The van der Waals surface area contributed by atoms with E-state index in [2.05, 4.69) is 10.6 Å². The normalized spacial score (nSPS) is 10.0. The zero-order valence-electron chi connectivity index (χ0n) is 10.3. The van der Waals surface area contributed by atoms with Crippen LogP contribution in [0.3, 0.4) is 0 Å². The Kier molecular flexibility index (Phi) is 3.97. The zero-order chi connectivity index (χ0) is 13.8. The summed E-state index contributed by atoms with van der Waals surface area (Å²) in [6.45, 7) is 1.89. The molecule has 5 heteroatoms. The topological polar surface area (TPSA) is 44.3 Å². The summed E-state index contributed by atoms with van der Waals surface area (Å²) in [5.41, 5.74) is 2.15. The van der Waals surface area contributed by atoms with Crippen molar-refractivity contribution in [2.45, 2.75) is 6.92 Å². The van der Waals surface area contributed by atoms with E-state index in [1.165, 1.54) is 12.1 Å². The third-order valence-corrected chi connectivity index (χ3v) is 2.71. The summed E-state index contributed by atoms with van der Waals surface area (Å²) in [6.07, 6.45) is 0. The van der Waals surface area contributed by atoms with Crippen molar-refractivity contribution in [2.75, 3.05) is 10.6 Å². The lowest BCUT2D eigenvalue weighted by Crippen LogP contribution is -2.19. The highest BCUT2D eigenvalue weighted by atomic mass is 32.1. The predicted octanol–water partition coefficient (Wildman–Crippen LogP) is 3.65. The van der Waals surface area contributed by atoms with E-state index in [0.717, 1.165) is 5.56 Å². The number of nitrogens with one attached hydrogen (secondary N) is 2. The van der Waals surface area contributed by atoms with Crippen LogP contribution in [0.2, 0.25) is 0 Å². The van der Waals surface area contributed by atoms with Crippen molar-refractivity contribution in [3.05, 3.63) is 53.8 Å². The van der Waals surface area contributed by atoms with E-state index in [1.807, 2.05) is 13.0 Å². The van der Waals surface area contributed by atoms with Crippen LogP contribution in [0.25, 0.3) is 0 Å². The molecule has 3 N–H and O–H groups in total. The van der Waals surface area contributed by atoms with Crippen molar-refractivity contribution in [3.8, 4) is 5.75 Å². The molecule has 0 aliphatic heterocycles. The molecule has 0 saturated carbocycles. The Hall–Kier alpha value is -2.14. The molecule has 2 aromatic rings. The summed E-state index contributed by atoms with van der Waals surface area (Å²) in [5.74, 6) is -0.177. The molecule has 0 aromatic heterocycles. The van der Waals surface area contributed by atoms with Crippen LogP contribution >= 0.6 is 12.2 Å². The third-order valence-electron chi connectivity index (χ3n) is 2.50. The first-order valence-corrected chi connectivity index (χ1v) is 6.08. The van der Waals surface area contributed by atoms with Crippen molar-refractivity contribution in [3.63, 3.8) is 0 Å². The molecule has 0 saturated heterocycles. The minimum absolute atomic E-state index is 0.128. The van der Waals surface area contributed by atoms with Crippen LogP contribution in [0.4, 0.5) is 15.8 Å². The number of aryl methyl sites for hydroxylation is 1. The molecule has 0 radical (unpaired) electrons. The molecule has 0 bridgehead atoms. The Morgan fingerprint density at radius 3 is 2.42 bits per heavy atom. The Morgan fingerprint density at radius 2 is 1.79 bits per heavy atom. The maximum atomic E-state index is 12.8. The molecule has 98 valence electrons. The van der Waals surface area contributed by atoms with Crippen LogP contribution in [0.15, 0.2) is 42.5 Å². The lowest BCUT2D eigenvalue weighted by Gasteiger charge is -2.12. The summed E-state index contributed by atoms with van der Waals surface area (Å²) in [6, 6.07) is 11.1.